The van der Waals surface area contributed by atoms with E-state index >= 15 is 0 Å². The summed E-state index contributed by atoms with van der Waals surface area (Å²) in [6.45, 7) is 2.51. The molecule has 1 atom stereocenters. The van der Waals surface area contributed by atoms with E-state index in [4.69, 9.17) is 5.73 Å². The Morgan fingerprint density at radius 3 is 2.90 bits per heavy atom. The molecular formula is C15H20N4O. The maximum Gasteiger partial charge on any atom is 0.224 e. The zero-order valence-electron chi connectivity index (χ0n) is 12.1. The molecule has 0 aliphatic heterocycles. The topological polar surface area (TPSA) is 71.2 Å². The highest BCUT2D eigenvalue weighted by Gasteiger charge is 2.16. The van der Waals surface area contributed by atoms with E-state index in [1.165, 1.54) is 0 Å². The van der Waals surface area contributed by atoms with Crippen LogP contribution in [0.3, 0.4) is 0 Å². The molecule has 1 aromatic heterocycles. The van der Waals surface area contributed by atoms with Crippen LogP contribution >= 0.6 is 0 Å². The van der Waals surface area contributed by atoms with Crippen LogP contribution in [0.15, 0.2) is 30.6 Å². The van der Waals surface area contributed by atoms with Crippen LogP contribution in [-0.2, 0) is 4.79 Å². The fraction of sp³-hybridized carbons (Fsp3) is 0.333. The molecule has 0 fully saturated rings. The number of pyridine rings is 1. The first-order valence-electron chi connectivity index (χ1n) is 6.59. The second-order valence-electron chi connectivity index (χ2n) is 4.99. The highest BCUT2D eigenvalue weighted by Crippen LogP contribution is 2.30. The summed E-state index contributed by atoms with van der Waals surface area (Å²) in [5.74, 6) is -0.0713. The summed E-state index contributed by atoms with van der Waals surface area (Å²) in [4.78, 5) is 17.7. The Morgan fingerprint density at radius 2 is 2.20 bits per heavy atom. The first-order chi connectivity index (χ1) is 9.54. The molecule has 1 amide bonds. The fourth-order valence-electron chi connectivity index (χ4n) is 2.35. The molecule has 20 heavy (non-hydrogen) atoms. The molecule has 0 aliphatic carbocycles. The molecule has 106 valence electrons. The van der Waals surface area contributed by atoms with Crippen molar-refractivity contribution in [3.8, 4) is 0 Å². The maximum atomic E-state index is 11.6. The minimum absolute atomic E-state index is 0.0282. The van der Waals surface area contributed by atoms with Crippen molar-refractivity contribution < 1.29 is 4.79 Å². The maximum absolute atomic E-state index is 11.6. The Hall–Kier alpha value is -2.30. The Kier molecular flexibility index (Phi) is 4.08. The number of amides is 1. The quantitative estimate of drug-likeness (QED) is 0.830. The Morgan fingerprint density at radius 1 is 1.45 bits per heavy atom. The van der Waals surface area contributed by atoms with Crippen LogP contribution in [0.5, 0.6) is 0 Å². The van der Waals surface area contributed by atoms with Crippen LogP contribution in [0.1, 0.15) is 6.92 Å². The minimum atomic E-state index is -0.0995. The van der Waals surface area contributed by atoms with E-state index in [1.54, 1.807) is 19.4 Å². The van der Waals surface area contributed by atoms with Gasteiger partial charge in [-0.2, -0.15) is 0 Å². The highest BCUT2D eigenvalue weighted by atomic mass is 16.1. The molecule has 0 radical (unpaired) electrons. The van der Waals surface area contributed by atoms with Crippen molar-refractivity contribution in [3.63, 3.8) is 0 Å². The number of benzene rings is 1. The lowest BCUT2D eigenvalue weighted by Crippen LogP contribution is -2.34. The van der Waals surface area contributed by atoms with E-state index in [0.29, 0.717) is 6.54 Å². The van der Waals surface area contributed by atoms with Crippen molar-refractivity contribution in [1.82, 2.24) is 10.3 Å². The second kappa shape index (κ2) is 5.77. The zero-order chi connectivity index (χ0) is 14.7. The van der Waals surface area contributed by atoms with Crippen LogP contribution in [-0.4, -0.2) is 31.5 Å². The summed E-state index contributed by atoms with van der Waals surface area (Å²) in [5, 5.41) is 4.66. The number of hydrogen-bond donors (Lipinski definition) is 2. The molecule has 2 aromatic rings. The van der Waals surface area contributed by atoms with Gasteiger partial charge in [0.05, 0.1) is 17.3 Å². The van der Waals surface area contributed by atoms with E-state index in [0.717, 1.165) is 22.1 Å². The van der Waals surface area contributed by atoms with Crippen LogP contribution in [0.2, 0.25) is 0 Å². The van der Waals surface area contributed by atoms with E-state index in [1.807, 2.05) is 37.1 Å². The number of nitrogen functional groups attached to an aromatic ring is 1. The Labute approximate surface area is 118 Å². The number of anilines is 2. The number of carbonyl (C=O) groups excluding carboxylic acids is 1. The Bertz CT molecular complexity index is 626. The highest BCUT2D eigenvalue weighted by molar-refractivity contribution is 5.98. The van der Waals surface area contributed by atoms with Crippen molar-refractivity contribution in [2.24, 2.45) is 5.92 Å². The van der Waals surface area contributed by atoms with Gasteiger partial charge in [-0.15, -0.1) is 0 Å². The summed E-state index contributed by atoms with van der Waals surface area (Å²) >= 11 is 0. The largest absolute Gasteiger partial charge is 0.397 e. The van der Waals surface area contributed by atoms with E-state index in [9.17, 15) is 4.79 Å². The van der Waals surface area contributed by atoms with Crippen molar-refractivity contribution in [2.45, 2.75) is 6.92 Å². The van der Waals surface area contributed by atoms with Gasteiger partial charge in [-0.1, -0.05) is 13.0 Å². The van der Waals surface area contributed by atoms with Crippen molar-refractivity contribution in [2.75, 3.05) is 31.3 Å². The number of fused-ring (bicyclic) bond motifs is 1. The molecule has 3 N–H and O–H groups in total. The van der Waals surface area contributed by atoms with E-state index < -0.39 is 0 Å². The van der Waals surface area contributed by atoms with Crippen LogP contribution in [0, 0.1) is 5.92 Å². The zero-order valence-corrected chi connectivity index (χ0v) is 12.1. The van der Waals surface area contributed by atoms with E-state index in [-0.39, 0.29) is 11.8 Å². The predicted molar refractivity (Wildman–Crippen MR) is 82.7 cm³/mol. The van der Waals surface area contributed by atoms with Gasteiger partial charge in [0.2, 0.25) is 5.91 Å². The number of nitrogens with one attached hydrogen (secondary N) is 1. The number of hydrogen-bond acceptors (Lipinski definition) is 4. The average molecular weight is 272 g/mol. The predicted octanol–water partition coefficient (Wildman–Crippen LogP) is 1.64. The lowest BCUT2D eigenvalue weighted by molar-refractivity contribution is -0.123. The summed E-state index contributed by atoms with van der Waals surface area (Å²) in [7, 11) is 3.59. The molecule has 1 unspecified atom stereocenters. The number of aromatic nitrogens is 1. The van der Waals surface area contributed by atoms with Gasteiger partial charge in [0.15, 0.2) is 0 Å². The molecule has 5 nitrogen and oxygen atoms in total. The normalized spacial score (nSPS) is 12.2. The van der Waals surface area contributed by atoms with Crippen molar-refractivity contribution in [3.05, 3.63) is 30.6 Å². The van der Waals surface area contributed by atoms with Gasteiger partial charge in [0.1, 0.15) is 0 Å². The number of nitrogens with two attached hydrogens (primary N) is 1. The fourth-order valence-corrected chi connectivity index (χ4v) is 2.35. The number of nitrogens with zero attached hydrogens (tertiary/aromatic N) is 2. The molecule has 0 spiro atoms. The van der Waals surface area contributed by atoms with Gasteiger partial charge in [0, 0.05) is 43.8 Å². The summed E-state index contributed by atoms with van der Waals surface area (Å²) in [6.07, 6.45) is 3.53. The molecular weight excluding hydrogens is 252 g/mol. The van der Waals surface area contributed by atoms with Gasteiger partial charge in [0.25, 0.3) is 0 Å². The molecule has 0 saturated carbocycles. The Balaban J connectivity index is 2.28. The molecule has 0 bridgehead atoms. The third-order valence-electron chi connectivity index (χ3n) is 3.49. The second-order valence-corrected chi connectivity index (χ2v) is 4.99. The summed E-state index contributed by atoms with van der Waals surface area (Å²) in [5.41, 5.74) is 7.88. The van der Waals surface area contributed by atoms with Crippen LogP contribution < -0.4 is 16.0 Å². The van der Waals surface area contributed by atoms with Gasteiger partial charge < -0.3 is 16.0 Å². The average Bonchev–Trinajstić information content (AvgIpc) is 2.46. The lowest BCUT2D eigenvalue weighted by Gasteiger charge is -2.24. The number of carbonyl (C=O) groups is 1. The molecule has 1 heterocycles. The van der Waals surface area contributed by atoms with Gasteiger partial charge in [-0.05, 0) is 12.1 Å². The minimum Gasteiger partial charge on any atom is -0.397 e. The molecule has 0 saturated heterocycles. The molecule has 2 rings (SSSR count). The number of rotatable bonds is 4. The van der Waals surface area contributed by atoms with Gasteiger partial charge in [-0.3, -0.25) is 9.78 Å². The van der Waals surface area contributed by atoms with Crippen LogP contribution in [0.25, 0.3) is 10.8 Å². The lowest BCUT2D eigenvalue weighted by atomic mass is 10.1. The molecule has 1 aromatic carbocycles. The molecule has 5 heteroatoms. The summed E-state index contributed by atoms with van der Waals surface area (Å²) in [6, 6.07) is 5.87. The van der Waals surface area contributed by atoms with E-state index in [2.05, 4.69) is 10.3 Å². The van der Waals surface area contributed by atoms with Crippen molar-refractivity contribution >= 4 is 28.1 Å². The van der Waals surface area contributed by atoms with Crippen molar-refractivity contribution in [1.29, 1.82) is 0 Å². The monoisotopic (exact) mass is 272 g/mol. The van der Waals surface area contributed by atoms with Crippen LogP contribution in [0.4, 0.5) is 11.4 Å². The van der Waals surface area contributed by atoms with Gasteiger partial charge >= 0.3 is 0 Å². The molecule has 0 aliphatic rings. The SMILES string of the molecule is CNC(=O)C(C)CN(C)c1ccc2cnccc2c1N. The first-order valence-corrected chi connectivity index (χ1v) is 6.59. The standard InChI is InChI=1S/C15H20N4O/c1-10(15(20)17-2)9-19(3)13-5-4-11-8-18-7-6-12(11)14(13)16/h4-8,10H,9,16H2,1-3H3,(H,17,20). The smallest absolute Gasteiger partial charge is 0.224 e. The third-order valence-corrected chi connectivity index (χ3v) is 3.49. The summed E-state index contributed by atoms with van der Waals surface area (Å²) < 4.78 is 0. The van der Waals surface area contributed by atoms with Gasteiger partial charge in [-0.25, -0.2) is 0 Å². The third kappa shape index (κ3) is 2.66. The first kappa shape index (κ1) is 14.1.